The summed E-state index contributed by atoms with van der Waals surface area (Å²) in [5.41, 5.74) is 9.64. The van der Waals surface area contributed by atoms with Gasteiger partial charge in [-0.25, -0.2) is 0 Å². The molecule has 0 spiro atoms. The lowest BCUT2D eigenvalue weighted by molar-refractivity contribution is 0.676. The van der Waals surface area contributed by atoms with Gasteiger partial charge in [-0.2, -0.15) is 0 Å². The van der Waals surface area contributed by atoms with Gasteiger partial charge in [0.25, 0.3) is 0 Å². The van der Waals surface area contributed by atoms with Gasteiger partial charge in [0, 0.05) is 12.2 Å². The molecule has 0 aliphatic heterocycles. The van der Waals surface area contributed by atoms with Crippen LogP contribution in [-0.4, -0.2) is 12.5 Å². The van der Waals surface area contributed by atoms with Crippen LogP contribution in [0.4, 0.5) is 5.69 Å². The van der Waals surface area contributed by atoms with Gasteiger partial charge in [0.15, 0.2) is 5.96 Å². The highest BCUT2D eigenvalue weighted by molar-refractivity contribution is 5.92. The van der Waals surface area contributed by atoms with Crippen LogP contribution in [0.3, 0.4) is 0 Å². The number of rotatable bonds is 4. The average Bonchev–Trinajstić information content (AvgIpc) is 2.40. The number of aryl methyl sites for hydroxylation is 1. The van der Waals surface area contributed by atoms with Crippen LogP contribution in [0.5, 0.6) is 0 Å². The lowest BCUT2D eigenvalue weighted by Gasteiger charge is -2.11. The summed E-state index contributed by atoms with van der Waals surface area (Å²) in [6, 6.07) is 8.14. The number of allylic oxidation sites excluding steroid dienone is 1. The van der Waals surface area contributed by atoms with Gasteiger partial charge < -0.3 is 11.1 Å². The highest BCUT2D eigenvalue weighted by atomic mass is 15.1. The highest BCUT2D eigenvalue weighted by Gasteiger charge is 2.02. The van der Waals surface area contributed by atoms with Gasteiger partial charge in [0.05, 0.1) is 0 Å². The first-order valence-corrected chi connectivity index (χ1v) is 7.05. The molecular weight excluding hydrogens is 234 g/mol. The molecule has 0 saturated carbocycles. The zero-order valence-electron chi connectivity index (χ0n) is 11.7. The molecule has 0 saturated heterocycles. The summed E-state index contributed by atoms with van der Waals surface area (Å²) in [5, 5.41) is 3.13. The maximum absolute atomic E-state index is 5.89. The Labute approximate surface area is 115 Å². The summed E-state index contributed by atoms with van der Waals surface area (Å²) >= 11 is 0. The fourth-order valence-corrected chi connectivity index (χ4v) is 2.36. The maximum Gasteiger partial charge on any atom is 0.193 e. The number of guanidine groups is 1. The summed E-state index contributed by atoms with van der Waals surface area (Å²) in [4.78, 5) is 4.39. The van der Waals surface area contributed by atoms with E-state index in [2.05, 4.69) is 35.4 Å². The van der Waals surface area contributed by atoms with Crippen molar-refractivity contribution in [2.24, 2.45) is 10.7 Å². The Morgan fingerprint density at radius 3 is 3.00 bits per heavy atom. The van der Waals surface area contributed by atoms with Gasteiger partial charge >= 0.3 is 0 Å². The number of nitrogens with two attached hydrogens (primary N) is 1. The second-order valence-corrected chi connectivity index (χ2v) is 5.12. The van der Waals surface area contributed by atoms with E-state index in [0.717, 1.165) is 18.7 Å². The van der Waals surface area contributed by atoms with Crippen molar-refractivity contribution in [3.63, 3.8) is 0 Å². The molecule has 0 aromatic heterocycles. The predicted octanol–water partition coefficient (Wildman–Crippen LogP) is 3.61. The Morgan fingerprint density at radius 1 is 1.37 bits per heavy atom. The van der Waals surface area contributed by atoms with Crippen molar-refractivity contribution < 1.29 is 0 Å². The molecule has 3 heteroatoms. The third-order valence-electron chi connectivity index (χ3n) is 3.39. The molecule has 1 aliphatic carbocycles. The number of nitrogens with one attached hydrogen (secondary N) is 1. The van der Waals surface area contributed by atoms with Crippen molar-refractivity contribution in [2.75, 3.05) is 11.9 Å². The number of aliphatic imine (C=N–C) groups is 1. The lowest BCUT2D eigenvalue weighted by Crippen LogP contribution is -2.22. The molecule has 1 aromatic carbocycles. The van der Waals surface area contributed by atoms with Crippen molar-refractivity contribution in [3.8, 4) is 0 Å². The summed E-state index contributed by atoms with van der Waals surface area (Å²) in [5.74, 6) is 0.502. The Bertz CT molecular complexity index is 475. The van der Waals surface area contributed by atoms with Crippen LogP contribution >= 0.6 is 0 Å². The van der Waals surface area contributed by atoms with Gasteiger partial charge in [0.2, 0.25) is 0 Å². The summed E-state index contributed by atoms with van der Waals surface area (Å²) in [6.07, 6.45) is 8.53. The normalized spacial score (nSPS) is 16.1. The largest absolute Gasteiger partial charge is 0.370 e. The van der Waals surface area contributed by atoms with Gasteiger partial charge in [-0.1, -0.05) is 23.8 Å². The van der Waals surface area contributed by atoms with Crippen molar-refractivity contribution >= 4 is 11.6 Å². The first kappa shape index (κ1) is 13.7. The molecule has 0 fully saturated rings. The second-order valence-electron chi connectivity index (χ2n) is 5.12. The van der Waals surface area contributed by atoms with E-state index in [1.165, 1.54) is 31.2 Å². The minimum atomic E-state index is 0.502. The minimum Gasteiger partial charge on any atom is -0.370 e. The summed E-state index contributed by atoms with van der Waals surface area (Å²) < 4.78 is 0. The van der Waals surface area contributed by atoms with E-state index < -0.39 is 0 Å². The third-order valence-corrected chi connectivity index (χ3v) is 3.39. The minimum absolute atomic E-state index is 0.502. The third kappa shape index (κ3) is 4.78. The Kier molecular flexibility index (Phi) is 5.01. The van der Waals surface area contributed by atoms with E-state index in [1.807, 2.05) is 12.1 Å². The predicted molar refractivity (Wildman–Crippen MR) is 82.5 cm³/mol. The fourth-order valence-electron chi connectivity index (χ4n) is 2.36. The van der Waals surface area contributed by atoms with Gasteiger partial charge in [-0.05, 0) is 56.7 Å². The van der Waals surface area contributed by atoms with Crippen molar-refractivity contribution in [2.45, 2.75) is 39.0 Å². The molecular formula is C16H23N3. The van der Waals surface area contributed by atoms with Crippen LogP contribution < -0.4 is 11.1 Å². The molecule has 3 N–H and O–H groups in total. The molecule has 0 radical (unpaired) electrons. The van der Waals surface area contributed by atoms with Crippen LogP contribution in [0.1, 0.15) is 37.7 Å². The van der Waals surface area contributed by atoms with Crippen LogP contribution in [0.15, 0.2) is 40.9 Å². The number of hydrogen-bond donors (Lipinski definition) is 2. The van der Waals surface area contributed by atoms with E-state index in [4.69, 9.17) is 5.73 Å². The number of hydrogen-bond acceptors (Lipinski definition) is 1. The van der Waals surface area contributed by atoms with Crippen LogP contribution in [-0.2, 0) is 0 Å². The molecule has 0 unspecified atom stereocenters. The van der Waals surface area contributed by atoms with E-state index in [0.29, 0.717) is 5.96 Å². The van der Waals surface area contributed by atoms with E-state index in [9.17, 15) is 0 Å². The number of benzene rings is 1. The van der Waals surface area contributed by atoms with Crippen molar-refractivity contribution in [1.29, 1.82) is 0 Å². The van der Waals surface area contributed by atoms with Crippen LogP contribution in [0, 0.1) is 6.92 Å². The number of nitrogens with zero attached hydrogens (tertiary/aromatic N) is 1. The highest BCUT2D eigenvalue weighted by Crippen LogP contribution is 2.19. The topological polar surface area (TPSA) is 50.4 Å². The summed E-state index contributed by atoms with van der Waals surface area (Å²) in [7, 11) is 0. The van der Waals surface area contributed by atoms with Gasteiger partial charge in [-0.15, -0.1) is 0 Å². The molecule has 0 bridgehead atoms. The van der Waals surface area contributed by atoms with Crippen LogP contribution in [0.2, 0.25) is 0 Å². The molecule has 0 atom stereocenters. The molecule has 3 nitrogen and oxygen atoms in total. The van der Waals surface area contributed by atoms with Gasteiger partial charge in [0.1, 0.15) is 0 Å². The quantitative estimate of drug-likeness (QED) is 0.492. The molecule has 102 valence electrons. The van der Waals surface area contributed by atoms with Gasteiger partial charge in [-0.3, -0.25) is 4.99 Å². The fraction of sp³-hybridized carbons (Fsp3) is 0.438. The smallest absolute Gasteiger partial charge is 0.193 e. The lowest BCUT2D eigenvalue weighted by atomic mass is 9.97. The number of anilines is 1. The van der Waals surface area contributed by atoms with Crippen molar-refractivity contribution in [3.05, 3.63) is 41.5 Å². The zero-order valence-corrected chi connectivity index (χ0v) is 11.7. The zero-order chi connectivity index (χ0) is 13.5. The molecule has 19 heavy (non-hydrogen) atoms. The standard InChI is InChI=1S/C16H23N3/c1-13-6-5-9-15(12-13)19-16(17)18-11-10-14-7-3-2-4-8-14/h5-7,9,12H,2-4,8,10-11H2,1H3,(H3,17,18,19). The van der Waals surface area contributed by atoms with Crippen LogP contribution in [0.25, 0.3) is 0 Å². The average molecular weight is 257 g/mol. The van der Waals surface area contributed by atoms with E-state index in [1.54, 1.807) is 5.57 Å². The SMILES string of the molecule is Cc1cccc(NC(N)=NCCC2=CCCCC2)c1. The Balaban J connectivity index is 1.80. The molecule has 1 aliphatic rings. The first-order valence-electron chi connectivity index (χ1n) is 7.05. The van der Waals surface area contributed by atoms with E-state index in [-0.39, 0.29) is 0 Å². The molecule has 0 heterocycles. The van der Waals surface area contributed by atoms with Crippen molar-refractivity contribution in [1.82, 2.24) is 0 Å². The first-order chi connectivity index (χ1) is 9.24. The summed E-state index contributed by atoms with van der Waals surface area (Å²) in [6.45, 7) is 2.84. The van der Waals surface area contributed by atoms with E-state index >= 15 is 0 Å². The Morgan fingerprint density at radius 2 is 2.26 bits per heavy atom. The second kappa shape index (κ2) is 6.98. The molecule has 0 amide bonds. The Hall–Kier alpha value is -1.77. The monoisotopic (exact) mass is 257 g/mol. The molecule has 1 aromatic rings. The maximum atomic E-state index is 5.89. The molecule has 2 rings (SSSR count).